The molecule has 0 spiro atoms. The topological polar surface area (TPSA) is 110 Å². The number of imide groups is 1. The summed E-state index contributed by atoms with van der Waals surface area (Å²) >= 11 is 0. The van der Waals surface area contributed by atoms with Crippen molar-refractivity contribution in [1.82, 2.24) is 4.90 Å². The minimum Gasteiger partial charge on any atom is -0.502 e. The van der Waals surface area contributed by atoms with E-state index in [1.165, 1.54) is 25.2 Å². The number of likely N-dealkylation sites (tertiary alicyclic amines) is 1. The van der Waals surface area contributed by atoms with Gasteiger partial charge in [-0.15, -0.1) is 0 Å². The molecule has 4 atom stereocenters. The molecule has 1 aliphatic heterocycles. The van der Waals surface area contributed by atoms with Gasteiger partial charge in [0.2, 0.25) is 17.6 Å². The first-order valence-electron chi connectivity index (χ1n) is 12.4. The normalized spacial score (nSPS) is 27.2. The Morgan fingerprint density at radius 3 is 2.35 bits per heavy atom. The first-order valence-corrected chi connectivity index (χ1v) is 12.4. The molecule has 1 saturated heterocycles. The van der Waals surface area contributed by atoms with Crippen LogP contribution in [0.25, 0.3) is 6.08 Å². The van der Waals surface area contributed by atoms with E-state index in [9.17, 15) is 24.3 Å². The molecule has 0 bridgehead atoms. The first kappa shape index (κ1) is 24.7. The fraction of sp³-hybridized carbons (Fsp3) is 0.379. The van der Waals surface area contributed by atoms with E-state index in [0.29, 0.717) is 35.2 Å². The fourth-order valence-electron chi connectivity index (χ4n) is 6.23. The highest BCUT2D eigenvalue weighted by Gasteiger charge is 2.55. The van der Waals surface area contributed by atoms with Gasteiger partial charge >= 0.3 is 0 Å². The predicted octanol–water partition coefficient (Wildman–Crippen LogP) is 3.40. The van der Waals surface area contributed by atoms with Gasteiger partial charge in [0.25, 0.3) is 0 Å². The zero-order chi connectivity index (χ0) is 26.6. The molecule has 0 aromatic heterocycles. The third kappa shape index (κ3) is 3.74. The van der Waals surface area contributed by atoms with Crippen molar-refractivity contribution in [3.8, 4) is 17.2 Å². The van der Waals surface area contributed by atoms with Gasteiger partial charge < -0.3 is 14.6 Å². The van der Waals surface area contributed by atoms with E-state index in [2.05, 4.69) is 0 Å². The average molecular weight is 504 g/mol. The number of allylic oxidation sites excluding steroid dienone is 7. The van der Waals surface area contributed by atoms with Crippen LogP contribution < -0.4 is 9.47 Å². The average Bonchev–Trinajstić information content (AvgIpc) is 3.14. The summed E-state index contributed by atoms with van der Waals surface area (Å²) in [6.45, 7) is 3.73. The lowest BCUT2D eigenvalue weighted by Gasteiger charge is -2.41. The molecule has 192 valence electrons. The second kappa shape index (κ2) is 9.18. The van der Waals surface area contributed by atoms with Gasteiger partial charge in [0, 0.05) is 29.2 Å². The number of carbonyl (C=O) groups is 4. The zero-order valence-corrected chi connectivity index (χ0v) is 21.2. The number of nitrogens with zero attached hydrogens (tertiary/aromatic N) is 1. The van der Waals surface area contributed by atoms with Crippen molar-refractivity contribution in [1.29, 1.82) is 0 Å². The molecular weight excluding hydrogens is 474 g/mol. The van der Waals surface area contributed by atoms with Crippen LogP contribution in [0.15, 0.2) is 52.7 Å². The molecule has 4 aliphatic rings. The number of carbonyl (C=O) groups excluding carboxylic acids is 4. The number of ketones is 2. The van der Waals surface area contributed by atoms with E-state index in [0.717, 1.165) is 5.57 Å². The summed E-state index contributed by atoms with van der Waals surface area (Å²) in [6.07, 6.45) is 7.67. The van der Waals surface area contributed by atoms with E-state index in [4.69, 9.17) is 9.47 Å². The van der Waals surface area contributed by atoms with Crippen LogP contribution in [0.5, 0.6) is 17.2 Å². The van der Waals surface area contributed by atoms with Gasteiger partial charge in [-0.3, -0.25) is 24.1 Å². The van der Waals surface area contributed by atoms with E-state index in [1.54, 1.807) is 32.1 Å². The Balaban J connectivity index is 1.62. The van der Waals surface area contributed by atoms with Crippen LogP contribution in [0.4, 0.5) is 0 Å². The Bertz CT molecular complexity index is 1340. The molecule has 0 unspecified atom stereocenters. The number of Topliss-reactive ketones (excluding diaryl/α,β-unsaturated/α-hetero) is 1. The lowest BCUT2D eigenvalue weighted by molar-refractivity contribution is -0.139. The Hall–Kier alpha value is -3.94. The SMILES string of the molecule is CCN1C(=O)[C@H]2[C@H](CC=C3[C@H](C=Cc4cc(OC)c(O)c(OC)c4)C4=C(C[C@H]32)C(=O)C=C(C)C4=O)C1=O. The molecule has 0 radical (unpaired) electrons. The molecular formula is C29H29NO7. The highest BCUT2D eigenvalue weighted by Crippen LogP contribution is 2.52. The number of phenols is 1. The smallest absolute Gasteiger partial charge is 0.233 e. The molecule has 1 aromatic rings. The second-order valence-electron chi connectivity index (χ2n) is 9.83. The van der Waals surface area contributed by atoms with Crippen molar-refractivity contribution in [2.75, 3.05) is 20.8 Å². The molecule has 8 nitrogen and oxygen atoms in total. The third-order valence-electron chi connectivity index (χ3n) is 8.00. The van der Waals surface area contributed by atoms with Crippen molar-refractivity contribution in [3.05, 3.63) is 58.2 Å². The number of methoxy groups -OCH3 is 2. The van der Waals surface area contributed by atoms with Crippen LogP contribution in [-0.4, -0.2) is 54.2 Å². The van der Waals surface area contributed by atoms with Crippen LogP contribution in [-0.2, 0) is 19.2 Å². The largest absolute Gasteiger partial charge is 0.502 e. The maximum absolute atomic E-state index is 13.3. The molecule has 2 amide bonds. The molecule has 8 heteroatoms. The Morgan fingerprint density at radius 2 is 1.73 bits per heavy atom. The van der Waals surface area contributed by atoms with E-state index >= 15 is 0 Å². The van der Waals surface area contributed by atoms with Crippen molar-refractivity contribution in [3.63, 3.8) is 0 Å². The number of ether oxygens (including phenoxy) is 2. The first-order chi connectivity index (χ1) is 17.7. The molecule has 3 aliphatic carbocycles. The van der Waals surface area contributed by atoms with Crippen molar-refractivity contribution in [2.45, 2.75) is 26.7 Å². The van der Waals surface area contributed by atoms with Gasteiger partial charge in [0.1, 0.15) is 0 Å². The van der Waals surface area contributed by atoms with E-state index < -0.39 is 17.8 Å². The number of rotatable bonds is 5. The van der Waals surface area contributed by atoms with Crippen molar-refractivity contribution < 1.29 is 33.8 Å². The number of hydrogen-bond acceptors (Lipinski definition) is 7. The minimum atomic E-state index is -0.541. The Morgan fingerprint density at radius 1 is 1.05 bits per heavy atom. The molecule has 0 saturated carbocycles. The standard InChI is InChI=1S/C29H29NO7/c1-5-30-28(34)18-9-8-16-17(7-6-15-11-22(36-3)27(33)23(12-15)37-4)24-20(13-19(16)25(18)29(30)35)21(31)10-14(2)26(24)32/h6-8,10-12,17-19,25,33H,5,9,13H2,1-4H3/t17-,18-,19+,25-/m0/s1. The summed E-state index contributed by atoms with van der Waals surface area (Å²) in [7, 11) is 2.88. The van der Waals surface area contributed by atoms with Crippen molar-refractivity contribution in [2.24, 2.45) is 23.7 Å². The molecule has 1 fully saturated rings. The molecule has 1 N–H and O–H groups in total. The Kier molecular flexibility index (Phi) is 6.14. The number of hydrogen-bond donors (Lipinski definition) is 1. The third-order valence-corrected chi connectivity index (χ3v) is 8.00. The fourth-order valence-corrected chi connectivity index (χ4v) is 6.23. The monoisotopic (exact) mass is 503 g/mol. The number of benzene rings is 1. The number of amides is 2. The number of fused-ring (bicyclic) bond motifs is 3. The molecule has 37 heavy (non-hydrogen) atoms. The van der Waals surface area contributed by atoms with Gasteiger partial charge in [-0.05, 0) is 56.4 Å². The number of phenolic OH excluding ortho intramolecular Hbond substituents is 1. The minimum absolute atomic E-state index is 0.121. The summed E-state index contributed by atoms with van der Waals surface area (Å²) in [5.74, 6) is -2.27. The van der Waals surface area contributed by atoms with Gasteiger partial charge in [-0.25, -0.2) is 0 Å². The predicted molar refractivity (Wildman–Crippen MR) is 135 cm³/mol. The Labute approximate surface area is 214 Å². The molecule has 1 heterocycles. The van der Waals surface area contributed by atoms with Gasteiger partial charge in [0.05, 0.1) is 26.1 Å². The van der Waals surface area contributed by atoms with Crippen LogP contribution in [0.1, 0.15) is 32.3 Å². The van der Waals surface area contributed by atoms with Gasteiger partial charge in [-0.1, -0.05) is 23.8 Å². The zero-order valence-electron chi connectivity index (χ0n) is 21.2. The van der Waals surface area contributed by atoms with Gasteiger partial charge in [0.15, 0.2) is 23.1 Å². The lowest BCUT2D eigenvalue weighted by atomic mass is 9.60. The van der Waals surface area contributed by atoms with Crippen LogP contribution in [0.2, 0.25) is 0 Å². The van der Waals surface area contributed by atoms with E-state index in [1.807, 2.05) is 12.2 Å². The summed E-state index contributed by atoms with van der Waals surface area (Å²) in [5.41, 5.74) is 2.79. The summed E-state index contributed by atoms with van der Waals surface area (Å²) in [4.78, 5) is 53.9. The quantitative estimate of drug-likeness (QED) is 0.373. The highest BCUT2D eigenvalue weighted by atomic mass is 16.5. The number of aromatic hydroxyl groups is 1. The van der Waals surface area contributed by atoms with E-state index in [-0.39, 0.29) is 53.0 Å². The van der Waals surface area contributed by atoms with Crippen LogP contribution in [0, 0.1) is 23.7 Å². The summed E-state index contributed by atoms with van der Waals surface area (Å²) in [5, 5.41) is 10.3. The van der Waals surface area contributed by atoms with Gasteiger partial charge in [-0.2, -0.15) is 0 Å². The summed E-state index contributed by atoms with van der Waals surface area (Å²) in [6, 6.07) is 3.29. The maximum Gasteiger partial charge on any atom is 0.233 e. The van der Waals surface area contributed by atoms with Crippen molar-refractivity contribution >= 4 is 29.5 Å². The lowest BCUT2D eigenvalue weighted by Crippen LogP contribution is -2.40. The molecule has 1 aromatic carbocycles. The summed E-state index contributed by atoms with van der Waals surface area (Å²) < 4.78 is 10.5. The van der Waals surface area contributed by atoms with Crippen LogP contribution >= 0.6 is 0 Å². The highest BCUT2D eigenvalue weighted by molar-refractivity contribution is 6.23. The maximum atomic E-state index is 13.3. The molecule has 5 rings (SSSR count). The van der Waals surface area contributed by atoms with Crippen LogP contribution in [0.3, 0.4) is 0 Å². The second-order valence-corrected chi connectivity index (χ2v) is 9.83.